The summed E-state index contributed by atoms with van der Waals surface area (Å²) in [6.07, 6.45) is 3.92. The first-order chi connectivity index (χ1) is 8.30. The molecule has 94 valence electrons. The third-order valence-corrected chi connectivity index (χ3v) is 8.35. The standard InChI is InChI=1S/C14H23NOSi/c1-2-10-17(14-8-4-3-5-9-14)11-6-7-13(12-15)16-17/h3-5,8-9,13H,2,6-7,10-12,15H2,1H3. The summed E-state index contributed by atoms with van der Waals surface area (Å²) < 4.78 is 6.46. The molecule has 0 bridgehead atoms. The molecule has 1 aromatic carbocycles. The minimum absolute atomic E-state index is 0.294. The number of hydrogen-bond acceptors (Lipinski definition) is 2. The topological polar surface area (TPSA) is 35.2 Å². The van der Waals surface area contributed by atoms with E-state index in [9.17, 15) is 0 Å². The van der Waals surface area contributed by atoms with Crippen molar-refractivity contribution in [2.75, 3.05) is 6.54 Å². The van der Waals surface area contributed by atoms with Gasteiger partial charge in [-0.25, -0.2) is 0 Å². The maximum Gasteiger partial charge on any atom is 0.224 e. The Bertz CT molecular complexity index is 339. The molecule has 0 spiro atoms. The highest BCUT2D eigenvalue weighted by Crippen LogP contribution is 2.29. The van der Waals surface area contributed by atoms with Crippen molar-refractivity contribution in [3.8, 4) is 0 Å². The average molecular weight is 249 g/mol. The second-order valence-corrected chi connectivity index (χ2v) is 8.78. The molecule has 2 N–H and O–H groups in total. The van der Waals surface area contributed by atoms with Crippen LogP contribution in [0, 0.1) is 0 Å². The molecular formula is C14H23NOSi. The second-order valence-electron chi connectivity index (χ2n) is 4.98. The number of nitrogens with two attached hydrogens (primary N) is 1. The minimum atomic E-state index is -1.72. The summed E-state index contributed by atoms with van der Waals surface area (Å²) in [6, 6.07) is 13.3. The molecule has 0 amide bonds. The Hall–Kier alpha value is -0.643. The van der Waals surface area contributed by atoms with Crippen molar-refractivity contribution in [1.82, 2.24) is 0 Å². The van der Waals surface area contributed by atoms with Crippen LogP contribution in [-0.4, -0.2) is 21.0 Å². The average Bonchev–Trinajstić information content (AvgIpc) is 2.40. The van der Waals surface area contributed by atoms with Crippen LogP contribution >= 0.6 is 0 Å². The van der Waals surface area contributed by atoms with Gasteiger partial charge in [0.15, 0.2) is 0 Å². The van der Waals surface area contributed by atoms with Gasteiger partial charge in [0.2, 0.25) is 8.32 Å². The lowest BCUT2D eigenvalue weighted by Crippen LogP contribution is -2.56. The van der Waals surface area contributed by atoms with E-state index in [2.05, 4.69) is 37.3 Å². The Morgan fingerprint density at radius 1 is 1.35 bits per heavy atom. The number of benzene rings is 1. The summed E-state index contributed by atoms with van der Waals surface area (Å²) in [5.41, 5.74) is 5.80. The van der Waals surface area contributed by atoms with Gasteiger partial charge in [0.25, 0.3) is 0 Å². The summed E-state index contributed by atoms with van der Waals surface area (Å²) in [7, 11) is -1.72. The van der Waals surface area contributed by atoms with Crippen molar-refractivity contribution in [1.29, 1.82) is 0 Å². The largest absolute Gasteiger partial charge is 0.408 e. The fraction of sp³-hybridized carbons (Fsp3) is 0.571. The smallest absolute Gasteiger partial charge is 0.224 e. The highest BCUT2D eigenvalue weighted by Gasteiger charge is 2.40. The molecule has 0 saturated carbocycles. The predicted molar refractivity (Wildman–Crippen MR) is 74.9 cm³/mol. The summed E-state index contributed by atoms with van der Waals surface area (Å²) in [5, 5.41) is 1.46. The normalized spacial score (nSPS) is 29.2. The first-order valence-electron chi connectivity index (χ1n) is 6.74. The highest BCUT2D eigenvalue weighted by molar-refractivity contribution is 6.86. The van der Waals surface area contributed by atoms with E-state index in [4.69, 9.17) is 10.2 Å². The third-order valence-electron chi connectivity index (χ3n) is 3.72. The van der Waals surface area contributed by atoms with Crippen LogP contribution in [0.1, 0.15) is 26.2 Å². The first-order valence-corrected chi connectivity index (χ1v) is 9.06. The fourth-order valence-electron chi connectivity index (χ4n) is 2.90. The van der Waals surface area contributed by atoms with Gasteiger partial charge in [-0.1, -0.05) is 50.1 Å². The Labute approximate surface area is 105 Å². The molecule has 1 fully saturated rings. The van der Waals surface area contributed by atoms with E-state index in [0.29, 0.717) is 12.6 Å². The fourth-order valence-corrected chi connectivity index (χ4v) is 7.34. The number of rotatable bonds is 4. The van der Waals surface area contributed by atoms with Crippen molar-refractivity contribution < 1.29 is 4.43 Å². The molecular weight excluding hydrogens is 226 g/mol. The lowest BCUT2D eigenvalue weighted by Gasteiger charge is -2.39. The minimum Gasteiger partial charge on any atom is -0.408 e. The predicted octanol–water partition coefficient (Wildman–Crippen LogP) is 2.39. The Kier molecular flexibility index (Phi) is 4.37. The molecule has 1 saturated heterocycles. The number of hydrogen-bond donors (Lipinski definition) is 1. The van der Waals surface area contributed by atoms with Crippen molar-refractivity contribution >= 4 is 13.5 Å². The SMILES string of the molecule is CCC[Si]1(c2ccccc2)CCCC(CN)O1. The summed E-state index contributed by atoms with van der Waals surface area (Å²) in [6.45, 7) is 2.93. The molecule has 2 rings (SSSR count). The van der Waals surface area contributed by atoms with Crippen LogP contribution in [0.5, 0.6) is 0 Å². The van der Waals surface area contributed by atoms with Crippen molar-refractivity contribution in [2.45, 2.75) is 44.4 Å². The quantitative estimate of drug-likeness (QED) is 0.832. The molecule has 1 aromatic rings. The maximum atomic E-state index is 6.46. The van der Waals surface area contributed by atoms with Crippen molar-refractivity contribution in [3.63, 3.8) is 0 Å². The maximum absolute atomic E-state index is 6.46. The Morgan fingerprint density at radius 2 is 2.12 bits per heavy atom. The van der Waals surface area contributed by atoms with Gasteiger partial charge < -0.3 is 10.2 Å². The van der Waals surface area contributed by atoms with Crippen LogP contribution in [-0.2, 0) is 4.43 Å². The third kappa shape index (κ3) is 2.79. The summed E-state index contributed by atoms with van der Waals surface area (Å²) in [5.74, 6) is 0. The van der Waals surface area contributed by atoms with Crippen LogP contribution < -0.4 is 10.9 Å². The van der Waals surface area contributed by atoms with Gasteiger partial charge in [0, 0.05) is 6.54 Å². The van der Waals surface area contributed by atoms with Crippen molar-refractivity contribution in [2.24, 2.45) is 5.73 Å². The van der Waals surface area contributed by atoms with Crippen LogP contribution in [0.25, 0.3) is 0 Å². The molecule has 1 aliphatic rings. The zero-order valence-corrected chi connectivity index (χ0v) is 11.7. The van der Waals surface area contributed by atoms with E-state index in [1.165, 1.54) is 30.1 Å². The first kappa shape index (κ1) is 12.8. The van der Waals surface area contributed by atoms with Gasteiger partial charge in [-0.15, -0.1) is 0 Å². The van der Waals surface area contributed by atoms with Crippen molar-refractivity contribution in [3.05, 3.63) is 30.3 Å². The Balaban J connectivity index is 2.25. The van der Waals surface area contributed by atoms with Gasteiger partial charge in [-0.2, -0.15) is 0 Å². The Morgan fingerprint density at radius 3 is 2.76 bits per heavy atom. The second kappa shape index (κ2) is 5.80. The lowest BCUT2D eigenvalue weighted by atomic mass is 10.2. The monoisotopic (exact) mass is 249 g/mol. The highest BCUT2D eigenvalue weighted by atomic mass is 28.4. The molecule has 0 aliphatic carbocycles. The molecule has 0 radical (unpaired) electrons. The van der Waals surface area contributed by atoms with Gasteiger partial charge >= 0.3 is 0 Å². The molecule has 17 heavy (non-hydrogen) atoms. The van der Waals surface area contributed by atoms with E-state index in [-0.39, 0.29) is 0 Å². The van der Waals surface area contributed by atoms with Crippen LogP contribution in [0.2, 0.25) is 12.1 Å². The van der Waals surface area contributed by atoms with Crippen LogP contribution in [0.15, 0.2) is 30.3 Å². The zero-order valence-electron chi connectivity index (χ0n) is 10.7. The molecule has 1 heterocycles. The van der Waals surface area contributed by atoms with E-state index < -0.39 is 8.32 Å². The van der Waals surface area contributed by atoms with Crippen LogP contribution in [0.4, 0.5) is 0 Å². The van der Waals surface area contributed by atoms with E-state index >= 15 is 0 Å². The van der Waals surface area contributed by atoms with Crippen LogP contribution in [0.3, 0.4) is 0 Å². The summed E-state index contributed by atoms with van der Waals surface area (Å²) in [4.78, 5) is 0. The molecule has 1 aliphatic heterocycles. The van der Waals surface area contributed by atoms with Gasteiger partial charge in [-0.05, 0) is 23.7 Å². The van der Waals surface area contributed by atoms with E-state index in [1.807, 2.05) is 0 Å². The van der Waals surface area contributed by atoms with E-state index in [1.54, 1.807) is 0 Å². The zero-order chi connectivity index (χ0) is 12.1. The molecule has 3 heteroatoms. The molecule has 2 nitrogen and oxygen atoms in total. The van der Waals surface area contributed by atoms with Gasteiger partial charge in [0.1, 0.15) is 0 Å². The lowest BCUT2D eigenvalue weighted by molar-refractivity contribution is 0.168. The van der Waals surface area contributed by atoms with E-state index in [0.717, 1.165) is 6.42 Å². The summed E-state index contributed by atoms with van der Waals surface area (Å²) >= 11 is 0. The van der Waals surface area contributed by atoms with Gasteiger partial charge in [-0.3, -0.25) is 0 Å². The molecule has 2 unspecified atom stereocenters. The molecule has 0 aromatic heterocycles. The van der Waals surface area contributed by atoms with Gasteiger partial charge in [0.05, 0.1) is 6.10 Å². The molecule has 2 atom stereocenters.